The van der Waals surface area contributed by atoms with Crippen molar-refractivity contribution < 1.29 is 4.74 Å². The third-order valence-corrected chi connectivity index (χ3v) is 3.48. The molecule has 0 saturated heterocycles. The van der Waals surface area contributed by atoms with Gasteiger partial charge in [-0.1, -0.05) is 51.9 Å². The Hall–Kier alpha value is -2.00. The predicted octanol–water partition coefficient (Wildman–Crippen LogP) is 4.95. The van der Waals surface area contributed by atoms with Crippen molar-refractivity contribution in [2.75, 3.05) is 6.61 Å². The minimum absolute atomic E-state index is 0.439. The average Bonchev–Trinajstić information content (AvgIpc) is 2.53. The Balaban J connectivity index is 2.19. The fourth-order valence-electron chi connectivity index (χ4n) is 2.23. The lowest BCUT2D eigenvalue weighted by molar-refractivity contribution is 0.303. The van der Waals surface area contributed by atoms with E-state index in [-0.39, 0.29) is 0 Å². The standard InChI is InChI=1S/C18H24N2O/c1-2-3-4-5-6-7-8-9-12-21-18-11-10-16(14-19)13-17(18)15-20/h10-11,13H,2-9,12H2,1H3. The van der Waals surface area contributed by atoms with Crippen LogP contribution in [0.5, 0.6) is 5.75 Å². The molecule has 0 aliphatic heterocycles. The maximum Gasteiger partial charge on any atom is 0.137 e. The van der Waals surface area contributed by atoms with Gasteiger partial charge in [-0.15, -0.1) is 0 Å². The summed E-state index contributed by atoms with van der Waals surface area (Å²) in [6.45, 7) is 2.87. The largest absolute Gasteiger partial charge is 0.492 e. The molecule has 0 aliphatic carbocycles. The van der Waals surface area contributed by atoms with Gasteiger partial charge in [-0.05, 0) is 24.6 Å². The highest BCUT2D eigenvalue weighted by Gasteiger charge is 2.04. The molecule has 3 heteroatoms. The van der Waals surface area contributed by atoms with Crippen molar-refractivity contribution in [3.8, 4) is 17.9 Å². The van der Waals surface area contributed by atoms with Crippen molar-refractivity contribution in [1.82, 2.24) is 0 Å². The first-order valence-electron chi connectivity index (χ1n) is 7.89. The quantitative estimate of drug-likeness (QED) is 0.571. The number of unbranched alkanes of at least 4 members (excludes halogenated alkanes) is 7. The van der Waals surface area contributed by atoms with Gasteiger partial charge in [0.15, 0.2) is 0 Å². The number of hydrogen-bond donors (Lipinski definition) is 0. The Labute approximate surface area is 128 Å². The molecule has 0 atom stereocenters. The smallest absolute Gasteiger partial charge is 0.137 e. The van der Waals surface area contributed by atoms with Gasteiger partial charge in [0.2, 0.25) is 0 Å². The number of hydrogen-bond acceptors (Lipinski definition) is 3. The van der Waals surface area contributed by atoms with Crippen molar-refractivity contribution in [2.45, 2.75) is 58.3 Å². The van der Waals surface area contributed by atoms with Crippen LogP contribution < -0.4 is 4.74 Å². The van der Waals surface area contributed by atoms with E-state index in [0.717, 1.165) is 6.42 Å². The highest BCUT2D eigenvalue weighted by molar-refractivity contribution is 5.48. The first kappa shape index (κ1) is 17.1. The van der Waals surface area contributed by atoms with E-state index < -0.39 is 0 Å². The van der Waals surface area contributed by atoms with E-state index in [9.17, 15) is 0 Å². The second-order valence-electron chi connectivity index (χ2n) is 5.26. The Bertz CT molecular complexity index is 497. The van der Waals surface area contributed by atoms with Crippen LogP contribution in [-0.4, -0.2) is 6.61 Å². The summed E-state index contributed by atoms with van der Waals surface area (Å²) in [4.78, 5) is 0. The Morgan fingerprint density at radius 3 is 2.19 bits per heavy atom. The molecule has 0 N–H and O–H groups in total. The summed E-state index contributed by atoms with van der Waals surface area (Å²) < 4.78 is 5.64. The molecule has 0 aliphatic rings. The molecule has 0 unspecified atom stereocenters. The molecule has 1 aromatic rings. The molecule has 0 saturated carbocycles. The van der Waals surface area contributed by atoms with Gasteiger partial charge in [-0.3, -0.25) is 0 Å². The van der Waals surface area contributed by atoms with Crippen LogP contribution in [0.4, 0.5) is 0 Å². The van der Waals surface area contributed by atoms with E-state index in [1.165, 1.54) is 44.9 Å². The molecule has 1 rings (SSSR count). The number of benzene rings is 1. The van der Waals surface area contributed by atoms with Crippen molar-refractivity contribution in [2.24, 2.45) is 0 Å². The van der Waals surface area contributed by atoms with Gasteiger partial charge in [0.25, 0.3) is 0 Å². The minimum atomic E-state index is 0.439. The third kappa shape index (κ3) is 6.82. The molecule has 0 spiro atoms. The van der Waals surface area contributed by atoms with Crippen LogP contribution in [0.3, 0.4) is 0 Å². The van der Waals surface area contributed by atoms with Crippen LogP contribution in [0.15, 0.2) is 18.2 Å². The summed E-state index contributed by atoms with van der Waals surface area (Å²) in [5.74, 6) is 0.583. The first-order valence-corrected chi connectivity index (χ1v) is 7.89. The average molecular weight is 284 g/mol. The molecule has 0 heterocycles. The van der Waals surface area contributed by atoms with Gasteiger partial charge in [-0.25, -0.2) is 0 Å². The van der Waals surface area contributed by atoms with E-state index in [2.05, 4.69) is 13.0 Å². The lowest BCUT2D eigenvalue weighted by atomic mass is 10.1. The van der Waals surface area contributed by atoms with Gasteiger partial charge in [0.1, 0.15) is 11.8 Å². The molecule has 21 heavy (non-hydrogen) atoms. The lowest BCUT2D eigenvalue weighted by Crippen LogP contribution is -1.99. The summed E-state index contributed by atoms with van der Waals surface area (Å²) in [6.07, 6.45) is 10.1. The molecule has 0 aromatic heterocycles. The van der Waals surface area contributed by atoms with E-state index in [1.807, 2.05) is 6.07 Å². The zero-order valence-electron chi connectivity index (χ0n) is 12.9. The third-order valence-electron chi connectivity index (χ3n) is 3.48. The summed E-state index contributed by atoms with van der Waals surface area (Å²) in [6, 6.07) is 9.07. The van der Waals surface area contributed by atoms with E-state index in [0.29, 0.717) is 23.5 Å². The maximum absolute atomic E-state index is 9.04. The van der Waals surface area contributed by atoms with Gasteiger partial charge in [0.05, 0.1) is 23.8 Å². The van der Waals surface area contributed by atoms with Gasteiger partial charge in [0, 0.05) is 0 Å². The molecule has 3 nitrogen and oxygen atoms in total. The van der Waals surface area contributed by atoms with Crippen LogP contribution in [-0.2, 0) is 0 Å². The second kappa shape index (κ2) is 10.7. The zero-order chi connectivity index (χ0) is 15.3. The van der Waals surface area contributed by atoms with E-state index in [1.54, 1.807) is 18.2 Å². The molecule has 1 aromatic carbocycles. The highest BCUT2D eigenvalue weighted by atomic mass is 16.5. The van der Waals surface area contributed by atoms with Gasteiger partial charge in [-0.2, -0.15) is 10.5 Å². The van der Waals surface area contributed by atoms with Crippen LogP contribution in [0.1, 0.15) is 69.4 Å². The van der Waals surface area contributed by atoms with Crippen LogP contribution in [0, 0.1) is 22.7 Å². The topological polar surface area (TPSA) is 56.8 Å². The first-order chi connectivity index (χ1) is 10.3. The Morgan fingerprint density at radius 2 is 1.57 bits per heavy atom. The van der Waals surface area contributed by atoms with Crippen molar-refractivity contribution in [3.63, 3.8) is 0 Å². The van der Waals surface area contributed by atoms with Gasteiger partial charge < -0.3 is 4.74 Å². The Kier molecular flexibility index (Phi) is 8.73. The summed E-state index contributed by atoms with van der Waals surface area (Å²) >= 11 is 0. The minimum Gasteiger partial charge on any atom is -0.492 e. The molecular formula is C18H24N2O. The lowest BCUT2D eigenvalue weighted by Gasteiger charge is -2.08. The fourth-order valence-corrected chi connectivity index (χ4v) is 2.23. The molecule has 0 fully saturated rings. The molecule has 0 radical (unpaired) electrons. The zero-order valence-corrected chi connectivity index (χ0v) is 12.9. The molecule has 0 bridgehead atoms. The molecule has 0 amide bonds. The van der Waals surface area contributed by atoms with Crippen LogP contribution in [0.25, 0.3) is 0 Å². The summed E-state index contributed by atoms with van der Waals surface area (Å²) in [5, 5.41) is 17.8. The monoisotopic (exact) mass is 284 g/mol. The van der Waals surface area contributed by atoms with Crippen LogP contribution in [0.2, 0.25) is 0 Å². The summed E-state index contributed by atoms with van der Waals surface area (Å²) in [5.41, 5.74) is 0.930. The fraction of sp³-hybridized carbons (Fsp3) is 0.556. The predicted molar refractivity (Wildman–Crippen MR) is 84.0 cm³/mol. The Morgan fingerprint density at radius 1 is 0.905 bits per heavy atom. The number of rotatable bonds is 10. The number of ether oxygens (including phenoxy) is 1. The number of nitrogens with zero attached hydrogens (tertiary/aromatic N) is 2. The van der Waals surface area contributed by atoms with Crippen LogP contribution >= 0.6 is 0 Å². The van der Waals surface area contributed by atoms with E-state index >= 15 is 0 Å². The van der Waals surface area contributed by atoms with Gasteiger partial charge >= 0.3 is 0 Å². The van der Waals surface area contributed by atoms with Crippen molar-refractivity contribution in [1.29, 1.82) is 10.5 Å². The summed E-state index contributed by atoms with van der Waals surface area (Å²) in [7, 11) is 0. The van der Waals surface area contributed by atoms with Crippen molar-refractivity contribution >= 4 is 0 Å². The normalized spacial score (nSPS) is 9.86. The van der Waals surface area contributed by atoms with Crippen molar-refractivity contribution in [3.05, 3.63) is 29.3 Å². The second-order valence-corrected chi connectivity index (χ2v) is 5.26. The molecule has 112 valence electrons. The molecular weight excluding hydrogens is 260 g/mol. The maximum atomic E-state index is 9.04. The number of nitriles is 2. The highest BCUT2D eigenvalue weighted by Crippen LogP contribution is 2.19. The SMILES string of the molecule is CCCCCCCCCCOc1ccc(C#N)cc1C#N. The van der Waals surface area contributed by atoms with E-state index in [4.69, 9.17) is 15.3 Å².